The summed E-state index contributed by atoms with van der Waals surface area (Å²) in [6.45, 7) is 0. The minimum atomic E-state index is 0.702. The molecule has 0 unspecified atom stereocenters. The summed E-state index contributed by atoms with van der Waals surface area (Å²) in [5, 5.41) is 5.02. The Morgan fingerprint density at radius 1 is 0.357 bits per heavy atom. The van der Waals surface area contributed by atoms with E-state index in [9.17, 15) is 0 Å². The highest BCUT2D eigenvalue weighted by atomic mass is 32.1. The summed E-state index contributed by atoms with van der Waals surface area (Å²) < 4.78 is 5.03. The molecule has 4 heteroatoms. The maximum atomic E-state index is 5.14. The molecule has 11 aromatic rings. The van der Waals surface area contributed by atoms with Crippen LogP contribution in [0.3, 0.4) is 0 Å². The van der Waals surface area contributed by atoms with E-state index in [4.69, 9.17) is 9.97 Å². The lowest BCUT2D eigenvalue weighted by Crippen LogP contribution is -1.96. The van der Waals surface area contributed by atoms with Crippen molar-refractivity contribution in [3.05, 3.63) is 200 Å². The molecule has 0 aliphatic rings. The molecule has 3 aromatic heterocycles. The van der Waals surface area contributed by atoms with Crippen LogP contribution >= 0.6 is 11.3 Å². The molecule has 0 saturated carbocycles. The van der Waals surface area contributed by atoms with Crippen molar-refractivity contribution in [2.75, 3.05) is 0 Å². The molecule has 0 bridgehead atoms. The van der Waals surface area contributed by atoms with Crippen molar-refractivity contribution in [2.45, 2.75) is 0 Å². The summed E-state index contributed by atoms with van der Waals surface area (Å²) in [4.78, 5) is 10.3. The fourth-order valence-corrected chi connectivity index (χ4v) is 9.24. The predicted molar refractivity (Wildman–Crippen MR) is 236 cm³/mol. The smallest absolute Gasteiger partial charge is 0.160 e. The van der Waals surface area contributed by atoms with E-state index in [1.807, 2.05) is 23.5 Å². The molecule has 262 valence electrons. The highest BCUT2D eigenvalue weighted by Crippen LogP contribution is 2.42. The van der Waals surface area contributed by atoms with E-state index >= 15 is 0 Å². The first kappa shape index (κ1) is 32.3. The number of para-hydroxylation sites is 1. The average Bonchev–Trinajstić information content (AvgIpc) is 3.82. The van der Waals surface area contributed by atoms with Crippen LogP contribution in [-0.2, 0) is 0 Å². The molecule has 11 rings (SSSR count). The van der Waals surface area contributed by atoms with Gasteiger partial charge >= 0.3 is 0 Å². The molecule has 0 aliphatic carbocycles. The third-order valence-electron chi connectivity index (χ3n) is 10.8. The van der Waals surface area contributed by atoms with E-state index in [1.54, 1.807) is 0 Å². The van der Waals surface area contributed by atoms with Crippen molar-refractivity contribution in [1.82, 2.24) is 14.5 Å². The lowest BCUT2D eigenvalue weighted by Gasteiger charge is -2.11. The van der Waals surface area contributed by atoms with Crippen LogP contribution in [0, 0.1) is 0 Å². The van der Waals surface area contributed by atoms with Crippen molar-refractivity contribution >= 4 is 53.3 Å². The van der Waals surface area contributed by atoms with Gasteiger partial charge in [0, 0.05) is 53.3 Å². The third kappa shape index (κ3) is 5.50. The number of thiophene rings is 1. The Morgan fingerprint density at radius 2 is 0.929 bits per heavy atom. The van der Waals surface area contributed by atoms with Gasteiger partial charge in [0.25, 0.3) is 0 Å². The molecular formula is C52H33N3S. The molecule has 3 heterocycles. The largest absolute Gasteiger partial charge is 0.309 e. The zero-order valence-electron chi connectivity index (χ0n) is 30.3. The van der Waals surface area contributed by atoms with Crippen LogP contribution in [0.15, 0.2) is 200 Å². The normalized spacial score (nSPS) is 11.6. The second-order valence-electron chi connectivity index (χ2n) is 14.2. The predicted octanol–water partition coefficient (Wildman–Crippen LogP) is 14.3. The third-order valence-corrected chi connectivity index (χ3v) is 12.0. The maximum Gasteiger partial charge on any atom is 0.160 e. The summed E-state index contributed by atoms with van der Waals surface area (Å²) in [6, 6.07) is 71.4. The summed E-state index contributed by atoms with van der Waals surface area (Å²) in [5.74, 6) is 0.702. The Morgan fingerprint density at radius 3 is 1.66 bits per heavy atom. The zero-order valence-corrected chi connectivity index (χ0v) is 31.1. The number of nitrogens with zero attached hydrogens (tertiary/aromatic N) is 3. The maximum absolute atomic E-state index is 5.14. The van der Waals surface area contributed by atoms with Gasteiger partial charge in [-0.15, -0.1) is 11.3 Å². The number of benzene rings is 8. The molecule has 0 amide bonds. The molecule has 0 fully saturated rings. The molecule has 3 nitrogen and oxygen atoms in total. The average molecular weight is 732 g/mol. The molecular weight excluding hydrogens is 699 g/mol. The number of aromatic nitrogens is 3. The van der Waals surface area contributed by atoms with Gasteiger partial charge in [0.2, 0.25) is 0 Å². The summed E-state index contributed by atoms with van der Waals surface area (Å²) in [6.07, 6.45) is 0. The molecule has 0 spiro atoms. The second-order valence-corrected chi connectivity index (χ2v) is 15.3. The van der Waals surface area contributed by atoms with Gasteiger partial charge in [0.1, 0.15) is 0 Å². The highest BCUT2D eigenvalue weighted by molar-refractivity contribution is 7.25. The first-order valence-corrected chi connectivity index (χ1v) is 19.7. The van der Waals surface area contributed by atoms with Crippen LogP contribution in [-0.4, -0.2) is 14.5 Å². The van der Waals surface area contributed by atoms with E-state index in [1.165, 1.54) is 58.7 Å². The molecule has 8 aromatic carbocycles. The lowest BCUT2D eigenvalue weighted by molar-refractivity contribution is 1.18. The van der Waals surface area contributed by atoms with Gasteiger partial charge in [-0.1, -0.05) is 146 Å². The highest BCUT2D eigenvalue weighted by Gasteiger charge is 2.18. The van der Waals surface area contributed by atoms with Gasteiger partial charge in [0.15, 0.2) is 5.82 Å². The molecule has 0 saturated heterocycles. The van der Waals surface area contributed by atoms with Gasteiger partial charge in [-0.3, -0.25) is 0 Å². The van der Waals surface area contributed by atoms with Crippen molar-refractivity contribution in [3.63, 3.8) is 0 Å². The minimum Gasteiger partial charge on any atom is -0.309 e. The van der Waals surface area contributed by atoms with E-state index < -0.39 is 0 Å². The monoisotopic (exact) mass is 731 g/mol. The number of rotatable bonds is 6. The fraction of sp³-hybridized carbons (Fsp3) is 0. The van der Waals surface area contributed by atoms with Crippen molar-refractivity contribution in [3.8, 4) is 61.8 Å². The van der Waals surface area contributed by atoms with Gasteiger partial charge in [0.05, 0.1) is 22.4 Å². The fourth-order valence-electron chi connectivity index (χ4n) is 8.17. The molecule has 0 N–H and O–H groups in total. The van der Waals surface area contributed by atoms with Crippen LogP contribution < -0.4 is 0 Å². The SMILES string of the molecule is c1ccc(-c2ccc3sc4ccc(-n5c6ccccc6c6c(-c7cccc(-c8nc(-c9ccccc9)cc(-c9ccccc9)n8)c7)cccc65)cc4c3c2)cc1. The summed E-state index contributed by atoms with van der Waals surface area (Å²) in [5.41, 5.74) is 13.2. The first-order chi connectivity index (χ1) is 27.7. The van der Waals surface area contributed by atoms with Crippen molar-refractivity contribution < 1.29 is 0 Å². The standard InChI is InChI=1S/C52H33N3S/c1-4-14-34(15-5-1)37-26-28-49-43(31-37)44-32-40(27-29-50(44)56-49)55-47-24-11-10-22-42(47)51-41(23-13-25-48(51)55)38-20-12-21-39(30-38)52-53-45(35-16-6-2-7-17-35)33-46(54-52)36-18-8-3-9-19-36/h1-33H. The Labute approximate surface area is 328 Å². The molecule has 0 aliphatic heterocycles. The molecule has 56 heavy (non-hydrogen) atoms. The Bertz CT molecular complexity index is 3180. The van der Waals surface area contributed by atoms with Crippen LogP contribution in [0.5, 0.6) is 0 Å². The topological polar surface area (TPSA) is 30.7 Å². The Hall–Kier alpha value is -7.14. The number of hydrogen-bond acceptors (Lipinski definition) is 3. The van der Waals surface area contributed by atoms with Crippen LogP contribution in [0.25, 0.3) is 104 Å². The van der Waals surface area contributed by atoms with Gasteiger partial charge in [-0.05, 0) is 76.9 Å². The molecule has 0 atom stereocenters. The first-order valence-electron chi connectivity index (χ1n) is 18.9. The summed E-state index contributed by atoms with van der Waals surface area (Å²) in [7, 11) is 0. The number of fused-ring (bicyclic) bond motifs is 6. The zero-order chi connectivity index (χ0) is 37.0. The summed E-state index contributed by atoms with van der Waals surface area (Å²) >= 11 is 1.86. The Kier molecular flexibility index (Phi) is 7.68. The molecule has 0 radical (unpaired) electrons. The quantitative estimate of drug-likeness (QED) is 0.170. The van der Waals surface area contributed by atoms with Gasteiger partial charge < -0.3 is 4.57 Å². The van der Waals surface area contributed by atoms with E-state index in [0.717, 1.165) is 39.3 Å². The van der Waals surface area contributed by atoms with E-state index in [0.29, 0.717) is 5.82 Å². The van der Waals surface area contributed by atoms with Crippen LogP contribution in [0.2, 0.25) is 0 Å². The van der Waals surface area contributed by atoms with E-state index in [2.05, 4.69) is 193 Å². The van der Waals surface area contributed by atoms with Crippen LogP contribution in [0.4, 0.5) is 0 Å². The second kappa shape index (κ2) is 13.3. The van der Waals surface area contributed by atoms with Crippen molar-refractivity contribution in [1.29, 1.82) is 0 Å². The minimum absolute atomic E-state index is 0.702. The number of hydrogen-bond donors (Lipinski definition) is 0. The van der Waals surface area contributed by atoms with Crippen molar-refractivity contribution in [2.24, 2.45) is 0 Å². The lowest BCUT2D eigenvalue weighted by atomic mass is 9.97. The van der Waals surface area contributed by atoms with Gasteiger partial charge in [-0.2, -0.15) is 0 Å². The van der Waals surface area contributed by atoms with Gasteiger partial charge in [-0.25, -0.2) is 9.97 Å². The van der Waals surface area contributed by atoms with E-state index in [-0.39, 0.29) is 0 Å². The van der Waals surface area contributed by atoms with Crippen LogP contribution in [0.1, 0.15) is 0 Å². The Balaban J connectivity index is 1.07.